The highest BCUT2D eigenvalue weighted by atomic mass is 35.5. The number of Topliss-reactive ketones (excluding diaryl/α,β-unsaturated/α-hetero) is 2. The third kappa shape index (κ3) is 5.58. The van der Waals surface area contributed by atoms with Crippen molar-refractivity contribution in [3.63, 3.8) is 0 Å². The predicted molar refractivity (Wildman–Crippen MR) is 104 cm³/mol. The SMILES string of the molecule is CCOC(=O)C(=O)C(C(=O)c1ccc(OC(=O)c2ccccc2)c(Cl)c1)=P(F)(F)F. The molecule has 0 unspecified atom stereocenters. The molecule has 0 fully saturated rings. The molecule has 0 heterocycles. The van der Waals surface area contributed by atoms with E-state index in [0.717, 1.165) is 18.2 Å². The molecule has 2 rings (SSSR count). The van der Waals surface area contributed by atoms with Gasteiger partial charge in [0.2, 0.25) is 5.78 Å². The molecule has 0 aliphatic heterocycles. The Hall–Kier alpha value is -2.90. The fraction of sp³-hybridized carbons (Fsp3) is 0.105. The highest BCUT2D eigenvalue weighted by molar-refractivity contribution is 7.66. The first-order chi connectivity index (χ1) is 14.1. The average Bonchev–Trinajstić information content (AvgIpc) is 2.69. The van der Waals surface area contributed by atoms with Gasteiger partial charge in [0.1, 0.15) is 5.75 Å². The van der Waals surface area contributed by atoms with Crippen molar-refractivity contribution in [3.05, 3.63) is 64.7 Å². The van der Waals surface area contributed by atoms with E-state index in [1.807, 2.05) is 0 Å². The van der Waals surface area contributed by atoms with E-state index in [-0.39, 0.29) is 22.9 Å². The highest BCUT2D eigenvalue weighted by Gasteiger charge is 2.38. The van der Waals surface area contributed by atoms with Gasteiger partial charge in [-0.2, -0.15) is 12.6 Å². The molecule has 0 radical (unpaired) electrons. The normalized spacial score (nSPS) is 10.8. The van der Waals surface area contributed by atoms with E-state index in [2.05, 4.69) is 4.74 Å². The third-order valence-corrected chi connectivity index (χ3v) is 4.76. The van der Waals surface area contributed by atoms with Crippen molar-refractivity contribution in [3.8, 4) is 5.75 Å². The Morgan fingerprint density at radius 1 is 0.967 bits per heavy atom. The van der Waals surface area contributed by atoms with Crippen molar-refractivity contribution < 1.29 is 41.2 Å². The summed E-state index contributed by atoms with van der Waals surface area (Å²) >= 11 is 5.93. The Morgan fingerprint density at radius 3 is 2.13 bits per heavy atom. The summed E-state index contributed by atoms with van der Waals surface area (Å²) in [6.45, 7) is 0.959. The van der Waals surface area contributed by atoms with Crippen LogP contribution in [0.25, 0.3) is 0 Å². The minimum atomic E-state index is -6.68. The van der Waals surface area contributed by atoms with E-state index < -0.39 is 42.2 Å². The van der Waals surface area contributed by atoms with Gasteiger partial charge < -0.3 is 9.47 Å². The fourth-order valence-corrected chi connectivity index (χ4v) is 3.12. The number of benzene rings is 2. The molecule has 11 heteroatoms. The number of hydrogen-bond acceptors (Lipinski definition) is 6. The maximum atomic E-state index is 13.4. The number of hydrogen-bond donors (Lipinski definition) is 0. The number of ether oxygens (including phenoxy) is 2. The van der Waals surface area contributed by atoms with E-state index >= 15 is 0 Å². The van der Waals surface area contributed by atoms with Crippen LogP contribution in [0.4, 0.5) is 12.6 Å². The number of carbonyl (C=O) groups excluding carboxylic acids is 4. The molecule has 0 atom stereocenters. The van der Waals surface area contributed by atoms with Crippen LogP contribution in [0.5, 0.6) is 5.75 Å². The zero-order valence-corrected chi connectivity index (χ0v) is 16.9. The third-order valence-electron chi connectivity index (χ3n) is 3.55. The van der Waals surface area contributed by atoms with Crippen molar-refractivity contribution in [2.24, 2.45) is 0 Å². The van der Waals surface area contributed by atoms with Crippen molar-refractivity contribution >= 4 is 48.2 Å². The zero-order valence-electron chi connectivity index (χ0n) is 15.2. The van der Waals surface area contributed by atoms with Crippen LogP contribution in [0.3, 0.4) is 0 Å². The van der Waals surface area contributed by atoms with E-state index in [1.165, 1.54) is 19.1 Å². The number of carbonyl (C=O) groups is 4. The molecule has 2 aromatic rings. The van der Waals surface area contributed by atoms with Gasteiger partial charge in [0.05, 0.1) is 17.2 Å². The first kappa shape index (κ1) is 23.4. The first-order valence-electron chi connectivity index (χ1n) is 8.24. The summed E-state index contributed by atoms with van der Waals surface area (Å²) < 4.78 is 49.4. The molecular formula is C19H13ClF3O6P. The quantitative estimate of drug-likeness (QED) is 0.148. The van der Waals surface area contributed by atoms with Crippen molar-refractivity contribution in [2.75, 3.05) is 6.61 Å². The number of esters is 2. The molecule has 0 bridgehead atoms. The second-order valence-electron chi connectivity index (χ2n) is 5.57. The van der Waals surface area contributed by atoms with E-state index in [0.29, 0.717) is 0 Å². The minimum Gasteiger partial charge on any atom is -0.460 e. The summed E-state index contributed by atoms with van der Waals surface area (Å²) in [7, 11) is -6.68. The zero-order chi connectivity index (χ0) is 22.5. The number of rotatable bonds is 7. The molecule has 0 saturated carbocycles. The molecule has 0 saturated heterocycles. The molecule has 0 N–H and O–H groups in total. The molecule has 30 heavy (non-hydrogen) atoms. The van der Waals surface area contributed by atoms with Crippen LogP contribution in [0, 0.1) is 0 Å². The molecule has 6 nitrogen and oxygen atoms in total. The van der Waals surface area contributed by atoms with Gasteiger partial charge in [-0.05, 0) is 37.3 Å². The summed E-state index contributed by atoms with van der Waals surface area (Å²) in [4.78, 5) is 47.6. The standard InChI is InChI=1S/C19H13ClF3O6P/c1-2-28-19(27)16(25)17(30(21,22)23)15(24)12-8-9-14(13(20)10-12)29-18(26)11-6-4-3-5-7-11/h3-10H,2H2,1H3. The Bertz CT molecular complexity index is 1060. The van der Waals surface area contributed by atoms with Gasteiger partial charge in [0.15, 0.2) is 5.29 Å². The molecule has 0 spiro atoms. The average molecular weight is 461 g/mol. The van der Waals surface area contributed by atoms with Crippen LogP contribution >= 0.6 is 19.4 Å². The summed E-state index contributed by atoms with van der Waals surface area (Å²) in [5.74, 6) is -6.56. The van der Waals surface area contributed by atoms with E-state index in [9.17, 15) is 31.8 Å². The Balaban J connectivity index is 2.34. The van der Waals surface area contributed by atoms with Gasteiger partial charge in [0.25, 0.3) is 5.78 Å². The summed E-state index contributed by atoms with van der Waals surface area (Å²) in [6, 6.07) is 10.5. The summed E-state index contributed by atoms with van der Waals surface area (Å²) in [5.41, 5.74) is -0.407. The molecule has 0 aromatic heterocycles. The molecule has 0 aliphatic carbocycles. The maximum Gasteiger partial charge on any atom is 0.387 e. The van der Waals surface area contributed by atoms with Crippen LogP contribution in [0.15, 0.2) is 48.5 Å². The van der Waals surface area contributed by atoms with Gasteiger partial charge in [-0.15, -0.1) is 0 Å². The minimum absolute atomic E-state index is 0.200. The van der Waals surface area contributed by atoms with Crippen molar-refractivity contribution in [1.82, 2.24) is 0 Å². The van der Waals surface area contributed by atoms with E-state index in [4.69, 9.17) is 16.3 Å². The lowest BCUT2D eigenvalue weighted by Gasteiger charge is -2.10. The van der Waals surface area contributed by atoms with Crippen LogP contribution in [0.2, 0.25) is 5.02 Å². The molecule has 0 amide bonds. The highest BCUT2D eigenvalue weighted by Crippen LogP contribution is 2.55. The maximum absolute atomic E-state index is 13.4. The lowest BCUT2D eigenvalue weighted by atomic mass is 10.1. The predicted octanol–water partition coefficient (Wildman–Crippen LogP) is 4.72. The van der Waals surface area contributed by atoms with Gasteiger partial charge in [0, 0.05) is 5.56 Å². The van der Waals surface area contributed by atoms with Gasteiger partial charge in [-0.3, -0.25) is 9.59 Å². The molecule has 2 aromatic carbocycles. The van der Waals surface area contributed by atoms with Crippen LogP contribution in [-0.2, 0) is 14.3 Å². The van der Waals surface area contributed by atoms with Crippen molar-refractivity contribution in [2.45, 2.75) is 6.92 Å². The smallest absolute Gasteiger partial charge is 0.387 e. The lowest BCUT2D eigenvalue weighted by molar-refractivity contribution is -0.150. The molecule has 158 valence electrons. The molecular weight excluding hydrogens is 448 g/mol. The Morgan fingerprint density at radius 2 is 1.60 bits per heavy atom. The van der Waals surface area contributed by atoms with E-state index in [1.54, 1.807) is 18.2 Å². The number of halogens is 4. The van der Waals surface area contributed by atoms with Gasteiger partial charge in [-0.25, -0.2) is 9.59 Å². The monoisotopic (exact) mass is 460 g/mol. The Kier molecular flexibility index (Phi) is 7.59. The fourth-order valence-electron chi connectivity index (χ4n) is 2.22. The second kappa shape index (κ2) is 9.73. The molecule has 0 aliphatic rings. The summed E-state index contributed by atoms with van der Waals surface area (Å²) in [5, 5.41) is -2.44. The van der Waals surface area contributed by atoms with Crippen molar-refractivity contribution in [1.29, 1.82) is 0 Å². The van der Waals surface area contributed by atoms with Gasteiger partial charge >= 0.3 is 19.8 Å². The van der Waals surface area contributed by atoms with Crippen LogP contribution in [0.1, 0.15) is 27.6 Å². The lowest BCUT2D eigenvalue weighted by Crippen LogP contribution is -2.32. The largest absolute Gasteiger partial charge is 0.460 e. The van der Waals surface area contributed by atoms with Gasteiger partial charge in [-0.1, -0.05) is 29.8 Å². The summed E-state index contributed by atoms with van der Waals surface area (Å²) in [6.07, 6.45) is 0. The number of ketones is 2. The first-order valence-corrected chi connectivity index (χ1v) is 10.1. The second-order valence-corrected chi connectivity index (χ2v) is 7.32. The van der Waals surface area contributed by atoms with Crippen LogP contribution < -0.4 is 4.74 Å². The Labute approximate surface area is 173 Å². The topological polar surface area (TPSA) is 86.7 Å². The van der Waals surface area contributed by atoms with Crippen LogP contribution in [-0.4, -0.2) is 35.4 Å².